The van der Waals surface area contributed by atoms with Gasteiger partial charge in [0.05, 0.1) is 18.0 Å². The van der Waals surface area contributed by atoms with Crippen LogP contribution < -0.4 is 0 Å². The van der Waals surface area contributed by atoms with Crippen LogP contribution >= 0.6 is 0 Å². The zero-order valence-corrected chi connectivity index (χ0v) is 12.8. The number of piperidine rings is 1. The van der Waals surface area contributed by atoms with Crippen LogP contribution in [0.3, 0.4) is 0 Å². The standard InChI is InChI=1S/C16H20F2N4O/c17-16(18,13-4-2-1-3-5-13)12-22-11-14(19-20-22)10-21-8-6-15(23)7-9-21/h1-5,11,15,23H,6-10,12H2. The van der Waals surface area contributed by atoms with Gasteiger partial charge in [-0.1, -0.05) is 35.5 Å². The van der Waals surface area contributed by atoms with Gasteiger partial charge in [0.2, 0.25) is 0 Å². The van der Waals surface area contributed by atoms with Crippen molar-refractivity contribution < 1.29 is 13.9 Å². The van der Waals surface area contributed by atoms with E-state index in [0.29, 0.717) is 12.2 Å². The molecule has 3 rings (SSSR count). The molecule has 1 aliphatic rings. The summed E-state index contributed by atoms with van der Waals surface area (Å²) in [6, 6.07) is 7.73. The highest BCUT2D eigenvalue weighted by atomic mass is 19.3. The van der Waals surface area contributed by atoms with Crippen LogP contribution in [-0.4, -0.2) is 44.2 Å². The minimum atomic E-state index is -2.98. The largest absolute Gasteiger partial charge is 0.393 e. The number of aliphatic hydroxyl groups excluding tert-OH is 1. The average molecular weight is 322 g/mol. The molecule has 1 aromatic carbocycles. The maximum Gasteiger partial charge on any atom is 0.292 e. The second-order valence-electron chi connectivity index (χ2n) is 5.99. The SMILES string of the molecule is OC1CCN(Cc2cn(CC(F)(F)c3ccccc3)nn2)CC1. The number of alkyl halides is 2. The highest BCUT2D eigenvalue weighted by Crippen LogP contribution is 2.29. The monoisotopic (exact) mass is 322 g/mol. The third kappa shape index (κ3) is 4.11. The number of aliphatic hydroxyl groups is 1. The van der Waals surface area contributed by atoms with Crippen LogP contribution in [0.25, 0.3) is 0 Å². The van der Waals surface area contributed by atoms with Gasteiger partial charge < -0.3 is 5.11 Å². The van der Waals surface area contributed by atoms with Crippen molar-refractivity contribution in [2.75, 3.05) is 13.1 Å². The number of aromatic nitrogens is 3. The van der Waals surface area contributed by atoms with Crippen LogP contribution in [0.2, 0.25) is 0 Å². The van der Waals surface area contributed by atoms with Crippen LogP contribution in [-0.2, 0) is 19.0 Å². The molecular formula is C16H20F2N4O. The Hall–Kier alpha value is -1.86. The lowest BCUT2D eigenvalue weighted by molar-refractivity contribution is -0.0258. The number of nitrogens with zero attached hydrogens (tertiary/aromatic N) is 4. The molecule has 2 heterocycles. The molecule has 0 saturated carbocycles. The Kier molecular flexibility index (Phi) is 4.68. The summed E-state index contributed by atoms with van der Waals surface area (Å²) in [6.07, 6.45) is 2.81. The molecule has 0 aliphatic carbocycles. The fourth-order valence-electron chi connectivity index (χ4n) is 2.77. The lowest BCUT2D eigenvalue weighted by Gasteiger charge is -2.28. The van der Waals surface area contributed by atoms with Gasteiger partial charge in [0.25, 0.3) is 5.92 Å². The summed E-state index contributed by atoms with van der Waals surface area (Å²) >= 11 is 0. The van der Waals surface area contributed by atoms with Crippen molar-refractivity contribution in [3.8, 4) is 0 Å². The van der Waals surface area contributed by atoms with Gasteiger partial charge in [-0.05, 0) is 12.8 Å². The first-order chi connectivity index (χ1) is 11.0. The molecule has 0 bridgehead atoms. The van der Waals surface area contributed by atoms with E-state index >= 15 is 0 Å². The van der Waals surface area contributed by atoms with Crippen LogP contribution in [0.1, 0.15) is 24.1 Å². The normalized spacial score (nSPS) is 17.5. The molecule has 23 heavy (non-hydrogen) atoms. The van der Waals surface area contributed by atoms with Crippen molar-refractivity contribution in [1.82, 2.24) is 19.9 Å². The lowest BCUT2D eigenvalue weighted by Crippen LogP contribution is -2.35. The van der Waals surface area contributed by atoms with E-state index in [1.807, 2.05) is 0 Å². The molecule has 2 aromatic rings. The first-order valence-corrected chi connectivity index (χ1v) is 7.76. The molecule has 0 radical (unpaired) electrons. The minimum Gasteiger partial charge on any atom is -0.393 e. The first-order valence-electron chi connectivity index (χ1n) is 7.76. The van der Waals surface area contributed by atoms with Gasteiger partial charge >= 0.3 is 0 Å². The maximum absolute atomic E-state index is 14.2. The van der Waals surface area contributed by atoms with Gasteiger partial charge in [-0.25, -0.2) is 4.68 Å². The van der Waals surface area contributed by atoms with Crippen molar-refractivity contribution in [2.24, 2.45) is 0 Å². The van der Waals surface area contributed by atoms with Crippen LogP contribution in [0.4, 0.5) is 8.78 Å². The molecule has 1 saturated heterocycles. The number of likely N-dealkylation sites (tertiary alicyclic amines) is 1. The summed E-state index contributed by atoms with van der Waals surface area (Å²) in [5.41, 5.74) is 0.646. The zero-order valence-electron chi connectivity index (χ0n) is 12.8. The lowest BCUT2D eigenvalue weighted by atomic mass is 10.1. The Balaban J connectivity index is 1.61. The van der Waals surface area contributed by atoms with Crippen molar-refractivity contribution in [3.63, 3.8) is 0 Å². The zero-order chi connectivity index (χ0) is 16.3. The Bertz CT molecular complexity index is 624. The van der Waals surface area contributed by atoms with Crippen LogP contribution in [0.15, 0.2) is 36.5 Å². The quantitative estimate of drug-likeness (QED) is 0.915. The van der Waals surface area contributed by atoms with Crippen LogP contribution in [0.5, 0.6) is 0 Å². The second-order valence-corrected chi connectivity index (χ2v) is 5.99. The van der Waals surface area contributed by atoms with E-state index in [9.17, 15) is 13.9 Å². The summed E-state index contributed by atoms with van der Waals surface area (Å²) in [6.45, 7) is 1.62. The maximum atomic E-state index is 14.2. The molecule has 1 N–H and O–H groups in total. The van der Waals surface area contributed by atoms with Gasteiger partial charge in [-0.2, -0.15) is 8.78 Å². The van der Waals surface area contributed by atoms with E-state index in [1.165, 1.54) is 16.8 Å². The summed E-state index contributed by atoms with van der Waals surface area (Å²) in [4.78, 5) is 2.15. The van der Waals surface area contributed by atoms with Crippen molar-refractivity contribution in [2.45, 2.75) is 38.0 Å². The van der Waals surface area contributed by atoms with E-state index in [2.05, 4.69) is 15.2 Å². The number of halogens is 2. The van der Waals surface area contributed by atoms with E-state index in [0.717, 1.165) is 25.9 Å². The average Bonchev–Trinajstić information content (AvgIpc) is 2.97. The smallest absolute Gasteiger partial charge is 0.292 e. The van der Waals surface area contributed by atoms with Gasteiger partial charge in [-0.15, -0.1) is 5.10 Å². The second kappa shape index (κ2) is 6.72. The topological polar surface area (TPSA) is 54.2 Å². The van der Waals surface area contributed by atoms with E-state index < -0.39 is 12.5 Å². The molecule has 1 aromatic heterocycles. The first kappa shape index (κ1) is 16.0. The molecule has 124 valence electrons. The van der Waals surface area contributed by atoms with Gasteiger partial charge in [0, 0.05) is 25.2 Å². The molecule has 0 spiro atoms. The number of benzene rings is 1. The minimum absolute atomic E-state index is 0.0259. The highest BCUT2D eigenvalue weighted by Gasteiger charge is 2.32. The van der Waals surface area contributed by atoms with Gasteiger partial charge in [-0.3, -0.25) is 4.90 Å². The number of hydrogen-bond donors (Lipinski definition) is 1. The van der Waals surface area contributed by atoms with Gasteiger partial charge in [0.15, 0.2) is 0 Å². The predicted molar refractivity (Wildman–Crippen MR) is 80.9 cm³/mol. The molecule has 1 fully saturated rings. The summed E-state index contributed by atoms with van der Waals surface area (Å²) in [7, 11) is 0. The Morgan fingerprint density at radius 3 is 2.57 bits per heavy atom. The van der Waals surface area contributed by atoms with E-state index in [1.54, 1.807) is 24.4 Å². The number of rotatable bonds is 5. The summed E-state index contributed by atoms with van der Waals surface area (Å²) in [5.74, 6) is -2.98. The molecule has 5 nitrogen and oxygen atoms in total. The van der Waals surface area contributed by atoms with Crippen molar-refractivity contribution >= 4 is 0 Å². The molecule has 0 unspecified atom stereocenters. The number of hydrogen-bond acceptors (Lipinski definition) is 4. The highest BCUT2D eigenvalue weighted by molar-refractivity contribution is 5.19. The summed E-state index contributed by atoms with van der Waals surface area (Å²) < 4.78 is 29.6. The molecule has 0 atom stereocenters. The molecule has 0 amide bonds. The Morgan fingerprint density at radius 2 is 1.87 bits per heavy atom. The predicted octanol–water partition coefficient (Wildman–Crippen LogP) is 2.03. The van der Waals surface area contributed by atoms with Crippen molar-refractivity contribution in [1.29, 1.82) is 0 Å². The third-order valence-corrected chi connectivity index (χ3v) is 4.09. The Morgan fingerprint density at radius 1 is 1.17 bits per heavy atom. The molecule has 7 heteroatoms. The molecule has 1 aliphatic heterocycles. The molecular weight excluding hydrogens is 302 g/mol. The summed E-state index contributed by atoms with van der Waals surface area (Å²) in [5, 5.41) is 17.3. The van der Waals surface area contributed by atoms with Gasteiger partial charge in [0.1, 0.15) is 6.54 Å². The van der Waals surface area contributed by atoms with Crippen LogP contribution in [0, 0.1) is 0 Å². The Labute approximate surface area is 133 Å². The van der Waals surface area contributed by atoms with E-state index in [-0.39, 0.29) is 11.7 Å². The fraction of sp³-hybridized carbons (Fsp3) is 0.500. The van der Waals surface area contributed by atoms with E-state index in [4.69, 9.17) is 0 Å². The third-order valence-electron chi connectivity index (χ3n) is 4.09. The van der Waals surface area contributed by atoms with Crippen molar-refractivity contribution in [3.05, 3.63) is 47.8 Å². The fourth-order valence-corrected chi connectivity index (χ4v) is 2.77.